The molecule has 1 aliphatic heterocycles. The van der Waals surface area contributed by atoms with Crippen LogP contribution in [0.2, 0.25) is 0 Å². The van der Waals surface area contributed by atoms with Crippen molar-refractivity contribution in [2.75, 3.05) is 37.8 Å². The number of rotatable bonds is 6. The van der Waals surface area contributed by atoms with Crippen molar-refractivity contribution < 1.29 is 28.0 Å². The summed E-state index contributed by atoms with van der Waals surface area (Å²) in [6, 6.07) is 14.1. The topological polar surface area (TPSA) is 123 Å². The molecule has 0 bridgehead atoms. The van der Waals surface area contributed by atoms with E-state index in [-0.39, 0.29) is 23.9 Å². The molecule has 1 fully saturated rings. The number of carbonyl (C=O) groups is 4. The Hall–Kier alpha value is -4.17. The molecule has 0 aromatic heterocycles. The molecule has 0 spiro atoms. The molecule has 2 unspecified atom stereocenters. The van der Waals surface area contributed by atoms with Gasteiger partial charge >= 0.3 is 0 Å². The number of aldehydes is 1. The van der Waals surface area contributed by atoms with Gasteiger partial charge in [-0.2, -0.15) is 5.26 Å². The minimum Gasteiger partial charge on any atom is -0.329 e. The number of nitrogens with one attached hydrogen (secondary N) is 2. The van der Waals surface area contributed by atoms with Gasteiger partial charge in [0.15, 0.2) is 11.6 Å². The fraction of sp³-hybridized carbons (Fsp3) is 0.414. The van der Waals surface area contributed by atoms with Gasteiger partial charge in [0.05, 0.1) is 12.6 Å². The lowest BCUT2D eigenvalue weighted by Crippen LogP contribution is -2.40. The van der Waals surface area contributed by atoms with Gasteiger partial charge in [-0.05, 0) is 56.6 Å². The van der Waals surface area contributed by atoms with E-state index in [4.69, 9.17) is 5.26 Å². The first-order valence-corrected chi connectivity index (χ1v) is 12.6. The van der Waals surface area contributed by atoms with Gasteiger partial charge in [0, 0.05) is 24.0 Å². The fourth-order valence-corrected chi connectivity index (χ4v) is 3.15. The van der Waals surface area contributed by atoms with Crippen LogP contribution in [0.25, 0.3) is 0 Å². The van der Waals surface area contributed by atoms with Crippen molar-refractivity contribution in [2.45, 2.75) is 40.2 Å². The maximum Gasteiger partial charge on any atom is 0.288 e. The summed E-state index contributed by atoms with van der Waals surface area (Å²) in [4.78, 5) is 45.5. The van der Waals surface area contributed by atoms with Crippen LogP contribution in [0.1, 0.15) is 34.1 Å². The van der Waals surface area contributed by atoms with Crippen molar-refractivity contribution in [3.05, 3.63) is 60.2 Å². The van der Waals surface area contributed by atoms with Gasteiger partial charge in [-0.3, -0.25) is 19.2 Å². The molecule has 0 aliphatic carbocycles. The van der Waals surface area contributed by atoms with Gasteiger partial charge < -0.3 is 20.4 Å². The van der Waals surface area contributed by atoms with Crippen molar-refractivity contribution in [1.29, 1.82) is 5.26 Å². The number of para-hydroxylation sites is 1. The number of benzene rings is 2. The van der Waals surface area contributed by atoms with Crippen LogP contribution >= 0.6 is 0 Å². The summed E-state index contributed by atoms with van der Waals surface area (Å²) in [5.41, 5.74) is 0.864. The molecule has 9 nitrogen and oxygen atoms in total. The van der Waals surface area contributed by atoms with E-state index in [0.29, 0.717) is 18.9 Å². The van der Waals surface area contributed by atoms with E-state index in [9.17, 15) is 28.0 Å². The highest BCUT2D eigenvalue weighted by Gasteiger charge is 2.32. The zero-order chi connectivity index (χ0) is 30.7. The number of halogens is 2. The average molecular weight is 560 g/mol. The second kappa shape index (κ2) is 19.8. The Morgan fingerprint density at radius 1 is 1.07 bits per heavy atom. The van der Waals surface area contributed by atoms with E-state index in [2.05, 4.69) is 39.1 Å². The van der Waals surface area contributed by atoms with Crippen LogP contribution in [0.3, 0.4) is 0 Å². The molecule has 0 saturated carbocycles. The Morgan fingerprint density at radius 3 is 2.15 bits per heavy atom. The third-order valence-electron chi connectivity index (χ3n) is 4.72. The minimum absolute atomic E-state index is 0.0380. The number of anilines is 2. The lowest BCUT2D eigenvalue weighted by Gasteiger charge is -2.21. The van der Waals surface area contributed by atoms with Gasteiger partial charge in [0.1, 0.15) is 6.04 Å². The van der Waals surface area contributed by atoms with Crippen molar-refractivity contribution >= 4 is 35.9 Å². The Labute approximate surface area is 235 Å². The molecule has 0 radical (unpaired) electrons. The number of carbonyl (C=O) groups excluding carboxylic acids is 4. The summed E-state index contributed by atoms with van der Waals surface area (Å²) in [6.45, 7) is 9.70. The highest BCUT2D eigenvalue weighted by molar-refractivity contribution is 6.29. The predicted molar refractivity (Wildman–Crippen MR) is 151 cm³/mol. The van der Waals surface area contributed by atoms with Crippen LogP contribution in [-0.4, -0.2) is 67.5 Å². The molecule has 2 N–H and O–H groups in total. The number of likely N-dealkylation sites (N-methyl/N-ethyl adjacent to an activating group) is 1. The highest BCUT2D eigenvalue weighted by Crippen LogP contribution is 2.22. The lowest BCUT2D eigenvalue weighted by atomic mass is 10.1. The number of hydrogen-bond donors (Lipinski definition) is 2. The molecule has 1 saturated heterocycles. The van der Waals surface area contributed by atoms with Crippen LogP contribution in [0.4, 0.5) is 20.2 Å². The largest absolute Gasteiger partial charge is 0.329 e. The molecule has 2 aromatic carbocycles. The van der Waals surface area contributed by atoms with Crippen LogP contribution in [0, 0.1) is 34.8 Å². The smallest absolute Gasteiger partial charge is 0.288 e. The molecule has 11 heteroatoms. The summed E-state index contributed by atoms with van der Waals surface area (Å²) in [5, 5.41) is 13.5. The Kier molecular flexibility index (Phi) is 17.8. The fourth-order valence-electron chi connectivity index (χ4n) is 3.15. The molecule has 2 aromatic rings. The summed E-state index contributed by atoms with van der Waals surface area (Å²) >= 11 is 0. The molecular weight excluding hydrogens is 520 g/mol. The standard InChI is InChI=1S/C10H17N3O.C8H5F2NO2.C7H7NO.C4H10/c1-8-4-9(5-11)13(6-8)10(14)7-12(2)3;9-6-2-1-5(3-7(6)10)11-8(13)4-12;9-6-8-7-4-2-1-3-5-7;1-4(2)3/h8-9H,4,6-7H2,1-3H3;1-4H,(H,11,13);1-6H,(H,8,9);4H,1-3H3. The molecular formula is C29H39F2N5O4. The van der Waals surface area contributed by atoms with Gasteiger partial charge in [0.25, 0.3) is 5.91 Å². The van der Waals surface area contributed by atoms with Crippen molar-refractivity contribution in [3.63, 3.8) is 0 Å². The number of likely N-dealkylation sites (tertiary alicyclic amines) is 1. The normalized spacial score (nSPS) is 15.2. The Morgan fingerprint density at radius 2 is 1.68 bits per heavy atom. The molecule has 218 valence electrons. The zero-order valence-electron chi connectivity index (χ0n) is 23.9. The van der Waals surface area contributed by atoms with Crippen molar-refractivity contribution in [2.24, 2.45) is 11.8 Å². The minimum atomic E-state index is -1.08. The SMILES string of the molecule is CC(C)C.CC1CC(C#N)N(C(=O)CN(C)C)C1.O=CC(=O)Nc1ccc(F)c(F)c1.O=CNc1ccccc1. The Balaban J connectivity index is 0.000000544. The summed E-state index contributed by atoms with van der Waals surface area (Å²) in [7, 11) is 3.72. The first-order chi connectivity index (χ1) is 18.8. The molecule has 3 amide bonds. The molecule has 40 heavy (non-hydrogen) atoms. The quantitative estimate of drug-likeness (QED) is 0.401. The van der Waals surface area contributed by atoms with Crippen LogP contribution < -0.4 is 10.6 Å². The first kappa shape index (κ1) is 35.8. The monoisotopic (exact) mass is 559 g/mol. The van der Waals surface area contributed by atoms with Gasteiger partial charge in [-0.25, -0.2) is 8.78 Å². The van der Waals surface area contributed by atoms with Gasteiger partial charge in [-0.1, -0.05) is 45.9 Å². The molecule has 1 heterocycles. The van der Waals surface area contributed by atoms with Gasteiger partial charge in [-0.15, -0.1) is 0 Å². The first-order valence-electron chi connectivity index (χ1n) is 12.6. The van der Waals surface area contributed by atoms with E-state index in [0.717, 1.165) is 42.8 Å². The zero-order valence-corrected chi connectivity index (χ0v) is 23.9. The number of hydrogen-bond acceptors (Lipinski definition) is 6. The Bertz CT molecular complexity index is 1100. The molecule has 3 rings (SSSR count). The van der Waals surface area contributed by atoms with E-state index < -0.39 is 17.5 Å². The van der Waals surface area contributed by atoms with Crippen LogP contribution in [0.5, 0.6) is 0 Å². The maximum atomic E-state index is 12.5. The number of amides is 3. The molecule has 1 aliphatic rings. The van der Waals surface area contributed by atoms with Crippen molar-refractivity contribution in [1.82, 2.24) is 9.80 Å². The van der Waals surface area contributed by atoms with E-state index in [1.165, 1.54) is 0 Å². The number of nitriles is 1. The van der Waals surface area contributed by atoms with Crippen molar-refractivity contribution in [3.8, 4) is 6.07 Å². The second-order valence-electron chi connectivity index (χ2n) is 9.87. The maximum absolute atomic E-state index is 12.5. The number of nitrogens with zero attached hydrogens (tertiary/aromatic N) is 3. The lowest BCUT2D eigenvalue weighted by molar-refractivity contribution is -0.131. The summed E-state index contributed by atoms with van der Waals surface area (Å²) in [6.07, 6.45) is 1.52. The highest BCUT2D eigenvalue weighted by atomic mass is 19.2. The summed E-state index contributed by atoms with van der Waals surface area (Å²) < 4.78 is 24.9. The predicted octanol–water partition coefficient (Wildman–Crippen LogP) is 4.33. The molecule has 2 atom stereocenters. The van der Waals surface area contributed by atoms with Gasteiger partial charge in [0.2, 0.25) is 18.6 Å². The van der Waals surface area contributed by atoms with Crippen LogP contribution in [0.15, 0.2) is 48.5 Å². The third-order valence-corrected chi connectivity index (χ3v) is 4.72. The second-order valence-corrected chi connectivity index (χ2v) is 9.87. The van der Waals surface area contributed by atoms with E-state index in [1.807, 2.05) is 54.6 Å². The van der Waals surface area contributed by atoms with E-state index >= 15 is 0 Å². The third kappa shape index (κ3) is 15.9. The van der Waals surface area contributed by atoms with Crippen LogP contribution in [-0.2, 0) is 19.2 Å². The average Bonchev–Trinajstić information content (AvgIpc) is 3.28. The van der Waals surface area contributed by atoms with E-state index in [1.54, 1.807) is 4.90 Å². The summed E-state index contributed by atoms with van der Waals surface area (Å²) in [5.74, 6) is -1.66.